The Labute approximate surface area is 139 Å². The molecule has 1 N–H and O–H groups in total. The van der Waals surface area contributed by atoms with Crippen LogP contribution in [0.25, 0.3) is 0 Å². The third-order valence-corrected chi connectivity index (χ3v) is 3.21. The summed E-state index contributed by atoms with van der Waals surface area (Å²) in [6, 6.07) is 10.5. The molecular formula is C18H18FNO4. The Bertz CT molecular complexity index is 728. The summed E-state index contributed by atoms with van der Waals surface area (Å²) in [5.74, 6) is -0.970. The van der Waals surface area contributed by atoms with Crippen LogP contribution in [0, 0.1) is 12.7 Å². The highest BCUT2D eigenvalue weighted by Crippen LogP contribution is 2.16. The van der Waals surface area contributed by atoms with Crippen LogP contribution in [-0.4, -0.2) is 25.1 Å². The molecule has 0 aliphatic heterocycles. The summed E-state index contributed by atoms with van der Waals surface area (Å²) in [6.45, 7) is 3.67. The van der Waals surface area contributed by atoms with Gasteiger partial charge in [0, 0.05) is 5.69 Å². The summed E-state index contributed by atoms with van der Waals surface area (Å²) in [4.78, 5) is 23.7. The summed E-state index contributed by atoms with van der Waals surface area (Å²) < 4.78 is 23.4. The van der Waals surface area contributed by atoms with E-state index in [0.29, 0.717) is 29.2 Å². The van der Waals surface area contributed by atoms with Crippen LogP contribution in [0.5, 0.6) is 5.75 Å². The van der Waals surface area contributed by atoms with Crippen molar-refractivity contribution < 1.29 is 23.5 Å². The van der Waals surface area contributed by atoms with Crippen LogP contribution in [0.4, 0.5) is 10.1 Å². The first-order chi connectivity index (χ1) is 11.5. The molecule has 1 amide bonds. The van der Waals surface area contributed by atoms with Gasteiger partial charge in [-0.25, -0.2) is 9.18 Å². The number of anilines is 1. The molecule has 0 atom stereocenters. The summed E-state index contributed by atoms with van der Waals surface area (Å²) in [5, 5.41) is 2.51. The van der Waals surface area contributed by atoms with Gasteiger partial charge in [0.2, 0.25) is 0 Å². The van der Waals surface area contributed by atoms with Crippen molar-refractivity contribution in [3.63, 3.8) is 0 Å². The Hall–Kier alpha value is -2.89. The van der Waals surface area contributed by atoms with Gasteiger partial charge in [-0.2, -0.15) is 0 Å². The lowest BCUT2D eigenvalue weighted by atomic mass is 10.2. The molecule has 0 spiro atoms. The largest absolute Gasteiger partial charge is 0.494 e. The smallest absolute Gasteiger partial charge is 0.338 e. The van der Waals surface area contributed by atoms with Gasteiger partial charge in [-0.1, -0.05) is 6.07 Å². The second-order valence-corrected chi connectivity index (χ2v) is 5.04. The number of rotatable bonds is 6. The highest BCUT2D eigenvalue weighted by molar-refractivity contribution is 5.95. The zero-order valence-corrected chi connectivity index (χ0v) is 13.5. The van der Waals surface area contributed by atoms with Crippen molar-refractivity contribution in [2.24, 2.45) is 0 Å². The van der Waals surface area contributed by atoms with E-state index in [0.717, 1.165) is 0 Å². The Morgan fingerprint density at radius 3 is 2.50 bits per heavy atom. The van der Waals surface area contributed by atoms with Gasteiger partial charge >= 0.3 is 5.97 Å². The van der Waals surface area contributed by atoms with E-state index in [9.17, 15) is 14.0 Å². The van der Waals surface area contributed by atoms with Crippen molar-refractivity contribution in [2.45, 2.75) is 13.8 Å². The molecule has 2 aromatic carbocycles. The molecule has 0 aromatic heterocycles. The summed E-state index contributed by atoms with van der Waals surface area (Å²) in [6.07, 6.45) is 0. The highest BCUT2D eigenvalue weighted by atomic mass is 19.1. The molecule has 2 rings (SSSR count). The summed E-state index contributed by atoms with van der Waals surface area (Å²) in [7, 11) is 0. The second kappa shape index (κ2) is 8.10. The molecule has 126 valence electrons. The number of esters is 1. The zero-order chi connectivity index (χ0) is 17.5. The van der Waals surface area contributed by atoms with Crippen LogP contribution in [0.15, 0.2) is 42.5 Å². The van der Waals surface area contributed by atoms with Gasteiger partial charge in [0.05, 0.1) is 12.2 Å². The van der Waals surface area contributed by atoms with Crippen LogP contribution in [0.2, 0.25) is 0 Å². The molecule has 24 heavy (non-hydrogen) atoms. The average molecular weight is 331 g/mol. The fraction of sp³-hybridized carbons (Fsp3) is 0.222. The number of halogens is 1. The molecule has 0 fully saturated rings. The highest BCUT2D eigenvalue weighted by Gasteiger charge is 2.11. The Morgan fingerprint density at radius 2 is 1.83 bits per heavy atom. The van der Waals surface area contributed by atoms with Crippen LogP contribution >= 0.6 is 0 Å². The normalized spacial score (nSPS) is 10.1. The third-order valence-electron chi connectivity index (χ3n) is 3.21. The van der Waals surface area contributed by atoms with E-state index in [2.05, 4.69) is 5.32 Å². The van der Waals surface area contributed by atoms with Gasteiger partial charge in [0.15, 0.2) is 6.61 Å². The number of benzene rings is 2. The Kier molecular flexibility index (Phi) is 5.89. The van der Waals surface area contributed by atoms with Crippen LogP contribution in [0.3, 0.4) is 0 Å². The monoisotopic (exact) mass is 331 g/mol. The number of nitrogens with one attached hydrogen (secondary N) is 1. The van der Waals surface area contributed by atoms with Gasteiger partial charge in [0.25, 0.3) is 5.91 Å². The maximum Gasteiger partial charge on any atom is 0.338 e. The van der Waals surface area contributed by atoms with Crippen molar-refractivity contribution >= 4 is 17.6 Å². The molecule has 0 aliphatic rings. The predicted octanol–water partition coefficient (Wildman–Crippen LogP) is 3.33. The van der Waals surface area contributed by atoms with Gasteiger partial charge in [-0.15, -0.1) is 0 Å². The van der Waals surface area contributed by atoms with E-state index >= 15 is 0 Å². The third kappa shape index (κ3) is 4.81. The fourth-order valence-corrected chi connectivity index (χ4v) is 1.98. The average Bonchev–Trinajstić information content (AvgIpc) is 2.57. The first kappa shape index (κ1) is 17.5. The number of carbonyl (C=O) groups excluding carboxylic acids is 2. The number of ether oxygens (including phenoxy) is 2. The topological polar surface area (TPSA) is 64.6 Å². The Balaban J connectivity index is 1.88. The molecule has 0 aliphatic carbocycles. The first-order valence-corrected chi connectivity index (χ1v) is 7.45. The number of carbonyl (C=O) groups is 2. The minimum atomic E-state index is -0.621. The van der Waals surface area contributed by atoms with Crippen molar-refractivity contribution in [3.05, 3.63) is 59.4 Å². The number of aryl methyl sites for hydroxylation is 1. The molecule has 5 nitrogen and oxygen atoms in total. The van der Waals surface area contributed by atoms with Gasteiger partial charge < -0.3 is 14.8 Å². The number of hydrogen-bond acceptors (Lipinski definition) is 4. The zero-order valence-electron chi connectivity index (χ0n) is 13.5. The van der Waals surface area contributed by atoms with Gasteiger partial charge in [0.1, 0.15) is 11.6 Å². The van der Waals surface area contributed by atoms with Crippen molar-refractivity contribution in [1.82, 2.24) is 0 Å². The van der Waals surface area contributed by atoms with E-state index < -0.39 is 24.3 Å². The van der Waals surface area contributed by atoms with E-state index in [1.807, 2.05) is 6.92 Å². The van der Waals surface area contributed by atoms with E-state index in [1.165, 1.54) is 12.1 Å². The molecule has 0 saturated heterocycles. The molecule has 0 saturated carbocycles. The lowest BCUT2D eigenvalue weighted by molar-refractivity contribution is -0.119. The Morgan fingerprint density at radius 1 is 1.12 bits per heavy atom. The number of amides is 1. The lowest BCUT2D eigenvalue weighted by Crippen LogP contribution is -2.21. The fourth-order valence-electron chi connectivity index (χ4n) is 1.98. The maximum atomic E-state index is 13.2. The molecule has 2 aromatic rings. The van der Waals surface area contributed by atoms with Gasteiger partial charge in [-0.05, 0) is 55.8 Å². The van der Waals surface area contributed by atoms with Crippen molar-refractivity contribution in [2.75, 3.05) is 18.5 Å². The molecule has 0 heterocycles. The molecule has 0 unspecified atom stereocenters. The van der Waals surface area contributed by atoms with Crippen molar-refractivity contribution in [1.29, 1.82) is 0 Å². The standard InChI is InChI=1S/C18H18FNO4/c1-3-23-15-8-5-13(6-9-15)18(22)24-11-17(21)20-16-10-14(19)7-4-12(16)2/h4-10H,3,11H2,1-2H3,(H,20,21). The molecule has 0 radical (unpaired) electrons. The lowest BCUT2D eigenvalue weighted by Gasteiger charge is -2.09. The first-order valence-electron chi connectivity index (χ1n) is 7.45. The van der Waals surface area contributed by atoms with E-state index in [4.69, 9.17) is 9.47 Å². The van der Waals surface area contributed by atoms with E-state index in [-0.39, 0.29) is 0 Å². The SMILES string of the molecule is CCOc1ccc(C(=O)OCC(=O)Nc2cc(F)ccc2C)cc1. The van der Waals surface area contributed by atoms with Crippen LogP contribution in [-0.2, 0) is 9.53 Å². The predicted molar refractivity (Wildman–Crippen MR) is 87.7 cm³/mol. The number of hydrogen-bond donors (Lipinski definition) is 1. The molecule has 6 heteroatoms. The van der Waals surface area contributed by atoms with Crippen LogP contribution < -0.4 is 10.1 Å². The van der Waals surface area contributed by atoms with E-state index in [1.54, 1.807) is 37.3 Å². The quantitative estimate of drug-likeness (QED) is 0.825. The molecule has 0 bridgehead atoms. The maximum absolute atomic E-state index is 13.2. The molecular weight excluding hydrogens is 313 g/mol. The summed E-state index contributed by atoms with van der Waals surface area (Å²) >= 11 is 0. The second-order valence-electron chi connectivity index (χ2n) is 5.04. The minimum Gasteiger partial charge on any atom is -0.494 e. The summed E-state index contributed by atoms with van der Waals surface area (Å²) in [5.41, 5.74) is 1.37. The van der Waals surface area contributed by atoms with Gasteiger partial charge in [-0.3, -0.25) is 4.79 Å². The minimum absolute atomic E-state index is 0.313. The van der Waals surface area contributed by atoms with Crippen LogP contribution in [0.1, 0.15) is 22.8 Å². The van der Waals surface area contributed by atoms with Crippen molar-refractivity contribution in [3.8, 4) is 5.75 Å².